The lowest BCUT2D eigenvalue weighted by Crippen LogP contribution is -2.61. The quantitative estimate of drug-likeness (QED) is 0.747. The van der Waals surface area contributed by atoms with Crippen LogP contribution >= 0.6 is 0 Å². The summed E-state index contributed by atoms with van der Waals surface area (Å²) >= 11 is 0. The van der Waals surface area contributed by atoms with E-state index in [-0.39, 0.29) is 24.4 Å². The molecule has 3 aliphatic carbocycles. The zero-order valence-corrected chi connectivity index (χ0v) is 15.5. The summed E-state index contributed by atoms with van der Waals surface area (Å²) in [6, 6.07) is 0. The molecule has 2 saturated carbocycles. The Bertz CT molecular complexity index is 417. The third kappa shape index (κ3) is 4.71. The summed E-state index contributed by atoms with van der Waals surface area (Å²) in [5, 5.41) is 19.8. The number of allylic oxidation sites excluding steroid dienone is 3. The molecule has 6 atom stereocenters. The molecule has 0 amide bonds. The van der Waals surface area contributed by atoms with E-state index in [4.69, 9.17) is 4.74 Å². The summed E-state index contributed by atoms with van der Waals surface area (Å²) in [6.45, 7) is 7.77. The number of fused-ring (bicyclic) bond motifs is 1. The van der Waals surface area contributed by atoms with E-state index in [1.165, 1.54) is 31.3 Å². The molecule has 0 radical (unpaired) electrons. The van der Waals surface area contributed by atoms with E-state index in [0.717, 1.165) is 32.1 Å². The van der Waals surface area contributed by atoms with Crippen LogP contribution in [0.4, 0.5) is 0 Å². The van der Waals surface area contributed by atoms with E-state index in [1.54, 1.807) is 0 Å². The van der Waals surface area contributed by atoms with Crippen molar-refractivity contribution in [2.24, 2.45) is 11.8 Å². The second-order valence-electron chi connectivity index (χ2n) is 7.34. The van der Waals surface area contributed by atoms with Crippen LogP contribution in [0.2, 0.25) is 0 Å². The first-order valence-electron chi connectivity index (χ1n) is 10.0. The molecular formula is C21H36O3. The topological polar surface area (TPSA) is 49.7 Å². The minimum absolute atomic E-state index is 0.0767. The maximum absolute atomic E-state index is 10.0. The Hall–Kier alpha value is -0.640. The summed E-state index contributed by atoms with van der Waals surface area (Å²) in [5.41, 5.74) is 1.27. The van der Waals surface area contributed by atoms with Crippen LogP contribution in [0.1, 0.15) is 71.6 Å². The maximum Gasteiger partial charge on any atom is 0.0890 e. The fourth-order valence-electron chi connectivity index (χ4n) is 4.46. The number of ether oxygens (including phenoxy) is 1. The third-order valence-electron chi connectivity index (χ3n) is 5.76. The van der Waals surface area contributed by atoms with Gasteiger partial charge in [-0.2, -0.15) is 0 Å². The van der Waals surface area contributed by atoms with Gasteiger partial charge in [0.25, 0.3) is 0 Å². The van der Waals surface area contributed by atoms with Gasteiger partial charge in [0, 0.05) is 11.8 Å². The van der Waals surface area contributed by atoms with Crippen molar-refractivity contribution in [1.82, 2.24) is 0 Å². The van der Waals surface area contributed by atoms with Crippen molar-refractivity contribution in [3.05, 3.63) is 24.3 Å². The van der Waals surface area contributed by atoms with Crippen molar-refractivity contribution in [2.45, 2.75) is 96.1 Å². The van der Waals surface area contributed by atoms with E-state index < -0.39 is 0 Å². The predicted octanol–water partition coefficient (Wildman–Crippen LogP) is 4.38. The van der Waals surface area contributed by atoms with E-state index in [9.17, 15) is 10.2 Å². The zero-order chi connectivity index (χ0) is 17.5. The molecule has 3 heteroatoms. The minimum atomic E-state index is -0.254. The predicted molar refractivity (Wildman–Crippen MR) is 98.8 cm³/mol. The van der Waals surface area contributed by atoms with E-state index in [0.29, 0.717) is 11.8 Å². The molecule has 0 aromatic heterocycles. The van der Waals surface area contributed by atoms with Crippen LogP contribution in [0.5, 0.6) is 0 Å². The van der Waals surface area contributed by atoms with Gasteiger partial charge < -0.3 is 14.9 Å². The second-order valence-corrected chi connectivity index (χ2v) is 7.34. The number of aliphatic hydroxyl groups is 2. The van der Waals surface area contributed by atoms with Gasteiger partial charge in [-0.15, -0.1) is 0 Å². The smallest absolute Gasteiger partial charge is 0.0890 e. The van der Waals surface area contributed by atoms with Crippen molar-refractivity contribution in [3.8, 4) is 0 Å². The van der Waals surface area contributed by atoms with Crippen molar-refractivity contribution < 1.29 is 14.9 Å². The fourth-order valence-corrected chi connectivity index (χ4v) is 4.46. The first kappa shape index (κ1) is 19.7. The van der Waals surface area contributed by atoms with Crippen molar-refractivity contribution >= 4 is 0 Å². The normalized spacial score (nSPS) is 40.4. The first-order valence-corrected chi connectivity index (χ1v) is 10.0. The van der Waals surface area contributed by atoms with Crippen molar-refractivity contribution in [1.29, 1.82) is 0 Å². The zero-order valence-electron chi connectivity index (χ0n) is 15.5. The summed E-state index contributed by atoms with van der Waals surface area (Å²) < 4.78 is 5.86. The molecule has 3 nitrogen and oxygen atoms in total. The SMILES string of the molecule is C=C1C=CCC1.CC.OC1CCCCC1C1OC2C(O)CCCC21. The van der Waals surface area contributed by atoms with Gasteiger partial charge >= 0.3 is 0 Å². The standard InChI is InChI=1S/C13H22O3.C6H8.C2H6/c14-10-6-2-1-4-8(10)12-9-5-3-7-11(15)13(9)16-12;1-6-4-2-3-5-6;1-2/h8-15H,1-7H2;2,4H,1,3,5H2;1-2H3. The average molecular weight is 337 g/mol. The monoisotopic (exact) mass is 336 g/mol. The molecule has 0 aromatic carbocycles. The van der Waals surface area contributed by atoms with Crippen LogP contribution in [0.3, 0.4) is 0 Å². The summed E-state index contributed by atoms with van der Waals surface area (Å²) in [7, 11) is 0. The summed E-state index contributed by atoms with van der Waals surface area (Å²) in [4.78, 5) is 0. The van der Waals surface area contributed by atoms with Gasteiger partial charge in [-0.05, 0) is 38.5 Å². The van der Waals surface area contributed by atoms with Gasteiger partial charge in [-0.1, -0.05) is 57.4 Å². The van der Waals surface area contributed by atoms with Crippen LogP contribution in [0.25, 0.3) is 0 Å². The minimum Gasteiger partial charge on any atom is -0.393 e. The van der Waals surface area contributed by atoms with Gasteiger partial charge in [0.1, 0.15) is 0 Å². The van der Waals surface area contributed by atoms with Crippen LogP contribution < -0.4 is 0 Å². The van der Waals surface area contributed by atoms with Crippen molar-refractivity contribution in [3.63, 3.8) is 0 Å². The molecule has 0 bridgehead atoms. The molecule has 2 N–H and O–H groups in total. The van der Waals surface area contributed by atoms with Crippen LogP contribution in [0, 0.1) is 11.8 Å². The Kier molecular flexibility index (Phi) is 7.99. The molecule has 4 aliphatic rings. The molecule has 0 spiro atoms. The lowest BCUT2D eigenvalue weighted by molar-refractivity contribution is -0.267. The van der Waals surface area contributed by atoms with Gasteiger partial charge in [-0.3, -0.25) is 0 Å². The fraction of sp³-hybridized carbons (Fsp3) is 0.810. The molecular weight excluding hydrogens is 300 g/mol. The van der Waals surface area contributed by atoms with Crippen LogP contribution in [-0.2, 0) is 4.74 Å². The Morgan fingerprint density at radius 3 is 2.17 bits per heavy atom. The maximum atomic E-state index is 10.0. The molecule has 138 valence electrons. The summed E-state index contributed by atoms with van der Waals surface area (Å²) in [6.07, 6.45) is 14.1. The van der Waals surface area contributed by atoms with E-state index in [1.807, 2.05) is 13.8 Å². The van der Waals surface area contributed by atoms with Crippen LogP contribution in [0.15, 0.2) is 24.3 Å². The van der Waals surface area contributed by atoms with Gasteiger partial charge in [0.15, 0.2) is 0 Å². The Morgan fingerprint density at radius 1 is 0.917 bits per heavy atom. The lowest BCUT2D eigenvalue weighted by Gasteiger charge is -2.54. The van der Waals surface area contributed by atoms with Gasteiger partial charge in [0.2, 0.25) is 0 Å². The van der Waals surface area contributed by atoms with E-state index >= 15 is 0 Å². The molecule has 6 unspecified atom stereocenters. The van der Waals surface area contributed by atoms with E-state index in [2.05, 4.69) is 18.7 Å². The molecule has 4 rings (SSSR count). The Balaban J connectivity index is 0.000000219. The van der Waals surface area contributed by atoms with Crippen LogP contribution in [-0.4, -0.2) is 34.6 Å². The molecule has 1 saturated heterocycles. The highest BCUT2D eigenvalue weighted by Crippen LogP contribution is 2.46. The number of hydrogen-bond acceptors (Lipinski definition) is 3. The largest absolute Gasteiger partial charge is 0.393 e. The molecule has 24 heavy (non-hydrogen) atoms. The van der Waals surface area contributed by atoms with Crippen molar-refractivity contribution in [2.75, 3.05) is 0 Å². The van der Waals surface area contributed by atoms with Gasteiger partial charge in [-0.25, -0.2) is 0 Å². The number of hydrogen-bond donors (Lipinski definition) is 2. The highest BCUT2D eigenvalue weighted by Gasteiger charge is 2.52. The molecule has 1 aliphatic heterocycles. The highest BCUT2D eigenvalue weighted by molar-refractivity contribution is 5.20. The van der Waals surface area contributed by atoms with Gasteiger partial charge in [0.05, 0.1) is 24.4 Å². The Labute approximate surface area is 147 Å². The molecule has 0 aromatic rings. The Morgan fingerprint density at radius 2 is 1.58 bits per heavy atom. The summed E-state index contributed by atoms with van der Waals surface area (Å²) in [5.74, 6) is 0.849. The third-order valence-corrected chi connectivity index (χ3v) is 5.76. The lowest BCUT2D eigenvalue weighted by atomic mass is 9.68. The first-order chi connectivity index (χ1) is 11.7. The molecule has 3 fully saturated rings. The highest BCUT2D eigenvalue weighted by atomic mass is 16.5. The molecule has 1 heterocycles. The second kappa shape index (κ2) is 9.74. The number of aliphatic hydroxyl groups excluding tert-OH is 2. The average Bonchev–Trinajstić information content (AvgIpc) is 3.05. The number of rotatable bonds is 1.